The van der Waals surface area contributed by atoms with Gasteiger partial charge >= 0.3 is 0 Å². The average Bonchev–Trinajstić information content (AvgIpc) is 1.64. The van der Waals surface area contributed by atoms with Gasteiger partial charge in [-0.1, -0.05) is 0 Å². The fourth-order valence-corrected chi connectivity index (χ4v) is 0.766. The summed E-state index contributed by atoms with van der Waals surface area (Å²) in [6.45, 7) is 0. The van der Waals surface area contributed by atoms with Crippen molar-refractivity contribution in [3.63, 3.8) is 0 Å². The van der Waals surface area contributed by atoms with Crippen LogP contribution < -0.4 is 5.32 Å². The lowest BCUT2D eigenvalue weighted by atomic mass is 9.89. The molecule has 3 heteroatoms. The minimum Gasteiger partial charge on any atom is -0.371 e. The Bertz CT molecular complexity index is 98.6. The van der Waals surface area contributed by atoms with Crippen molar-refractivity contribution in [2.45, 2.75) is 25.0 Å². The van der Waals surface area contributed by atoms with E-state index in [1.807, 2.05) is 0 Å². The molecule has 0 aromatic heterocycles. The summed E-state index contributed by atoms with van der Waals surface area (Å²) in [4.78, 5) is 9.74. The molecule has 0 aromatic carbocycles. The van der Waals surface area contributed by atoms with Crippen molar-refractivity contribution >= 4 is 6.41 Å². The van der Waals surface area contributed by atoms with Crippen LogP contribution in [0.5, 0.6) is 0 Å². The Morgan fingerprint density at radius 2 is 2.25 bits per heavy atom. The predicted octanol–water partition coefficient (Wildman–Crippen LogP) is -0.395. The largest absolute Gasteiger partial charge is 0.371 e. The standard InChI is InChI=1S/C5H9NO2/c7-4-6-5(8)2-1-3-5/h4,8H,1-3H2,(H,6,7). The van der Waals surface area contributed by atoms with Crippen molar-refractivity contribution in [3.05, 3.63) is 0 Å². The van der Waals surface area contributed by atoms with Crippen molar-refractivity contribution in [2.75, 3.05) is 0 Å². The Hall–Kier alpha value is -0.570. The zero-order valence-corrected chi connectivity index (χ0v) is 4.55. The molecule has 0 radical (unpaired) electrons. The highest BCUT2D eigenvalue weighted by molar-refractivity contribution is 5.47. The summed E-state index contributed by atoms with van der Waals surface area (Å²) >= 11 is 0. The van der Waals surface area contributed by atoms with Crippen LogP contribution in [-0.2, 0) is 4.79 Å². The first-order chi connectivity index (χ1) is 3.77. The highest BCUT2D eigenvalue weighted by atomic mass is 16.3. The molecule has 3 nitrogen and oxygen atoms in total. The van der Waals surface area contributed by atoms with E-state index in [1.165, 1.54) is 0 Å². The van der Waals surface area contributed by atoms with Gasteiger partial charge in [0.05, 0.1) is 0 Å². The number of carbonyl (C=O) groups excluding carboxylic acids is 1. The number of aliphatic hydroxyl groups is 1. The quantitative estimate of drug-likeness (QED) is 0.380. The van der Waals surface area contributed by atoms with Crippen molar-refractivity contribution < 1.29 is 9.90 Å². The molecule has 0 aliphatic heterocycles. The van der Waals surface area contributed by atoms with Crippen molar-refractivity contribution in [1.82, 2.24) is 5.32 Å². The lowest BCUT2D eigenvalue weighted by Crippen LogP contribution is -2.50. The van der Waals surface area contributed by atoms with E-state index in [0.29, 0.717) is 19.3 Å². The molecular formula is C5H9NO2. The molecule has 0 aromatic rings. The SMILES string of the molecule is O=CNC1(O)CCC1. The smallest absolute Gasteiger partial charge is 0.209 e. The fraction of sp³-hybridized carbons (Fsp3) is 0.800. The van der Waals surface area contributed by atoms with E-state index in [1.54, 1.807) is 0 Å². The molecule has 46 valence electrons. The van der Waals surface area contributed by atoms with Crippen molar-refractivity contribution in [1.29, 1.82) is 0 Å². The van der Waals surface area contributed by atoms with Crippen LogP contribution in [0.15, 0.2) is 0 Å². The third-order valence-electron chi connectivity index (χ3n) is 1.51. The molecule has 1 aliphatic carbocycles. The number of rotatable bonds is 2. The Morgan fingerprint density at radius 3 is 2.38 bits per heavy atom. The van der Waals surface area contributed by atoms with Crippen LogP contribution in [0.3, 0.4) is 0 Å². The van der Waals surface area contributed by atoms with Gasteiger partial charge in [-0.2, -0.15) is 0 Å². The van der Waals surface area contributed by atoms with Crippen LogP contribution in [0, 0.1) is 0 Å². The van der Waals surface area contributed by atoms with Crippen LogP contribution in [0.4, 0.5) is 0 Å². The van der Waals surface area contributed by atoms with Crippen LogP contribution in [-0.4, -0.2) is 17.2 Å². The molecule has 1 saturated carbocycles. The minimum absolute atomic E-state index is 0.541. The van der Waals surface area contributed by atoms with Crippen molar-refractivity contribution in [3.8, 4) is 0 Å². The monoisotopic (exact) mass is 115 g/mol. The van der Waals surface area contributed by atoms with Gasteiger partial charge in [0.25, 0.3) is 0 Å². The second kappa shape index (κ2) is 1.74. The maximum atomic E-state index is 9.74. The van der Waals surface area contributed by atoms with E-state index in [0.717, 1.165) is 6.42 Å². The Kier molecular flexibility index (Phi) is 1.21. The van der Waals surface area contributed by atoms with Gasteiger partial charge in [0.15, 0.2) is 0 Å². The number of hydrogen-bond donors (Lipinski definition) is 2. The molecule has 1 aliphatic rings. The van der Waals surface area contributed by atoms with Crippen molar-refractivity contribution in [2.24, 2.45) is 0 Å². The van der Waals surface area contributed by atoms with Gasteiger partial charge in [0.2, 0.25) is 6.41 Å². The maximum absolute atomic E-state index is 9.74. The van der Waals surface area contributed by atoms with E-state index < -0.39 is 5.72 Å². The van der Waals surface area contributed by atoms with Gasteiger partial charge in [0.1, 0.15) is 5.72 Å². The number of nitrogens with one attached hydrogen (secondary N) is 1. The average molecular weight is 115 g/mol. The molecule has 1 amide bonds. The van der Waals surface area contributed by atoms with E-state index in [4.69, 9.17) is 5.11 Å². The molecule has 0 heterocycles. The summed E-state index contributed by atoms with van der Waals surface area (Å²) in [7, 11) is 0. The molecule has 8 heavy (non-hydrogen) atoms. The summed E-state index contributed by atoms with van der Waals surface area (Å²) in [6, 6.07) is 0. The summed E-state index contributed by atoms with van der Waals surface area (Å²) in [5, 5.41) is 11.4. The highest BCUT2D eigenvalue weighted by Crippen LogP contribution is 2.27. The molecule has 0 saturated heterocycles. The van der Waals surface area contributed by atoms with Gasteiger partial charge in [-0.15, -0.1) is 0 Å². The van der Waals surface area contributed by atoms with Gasteiger partial charge < -0.3 is 10.4 Å². The Labute approximate surface area is 47.7 Å². The fourth-order valence-electron chi connectivity index (χ4n) is 0.766. The van der Waals surface area contributed by atoms with Crippen LogP contribution >= 0.6 is 0 Å². The molecule has 1 rings (SSSR count). The molecule has 1 fully saturated rings. The van der Waals surface area contributed by atoms with Crippen LogP contribution in [0.25, 0.3) is 0 Å². The lowest BCUT2D eigenvalue weighted by Gasteiger charge is -2.35. The Balaban J connectivity index is 2.29. The molecule has 0 unspecified atom stereocenters. The van der Waals surface area contributed by atoms with Crippen LogP contribution in [0.1, 0.15) is 19.3 Å². The summed E-state index contributed by atoms with van der Waals surface area (Å²) in [6.07, 6.45) is 2.95. The summed E-state index contributed by atoms with van der Waals surface area (Å²) in [5.41, 5.74) is -0.845. The molecule has 0 bridgehead atoms. The lowest BCUT2D eigenvalue weighted by molar-refractivity contribution is -0.123. The third-order valence-corrected chi connectivity index (χ3v) is 1.51. The predicted molar refractivity (Wildman–Crippen MR) is 28.0 cm³/mol. The first kappa shape index (κ1) is 5.56. The van der Waals surface area contributed by atoms with Gasteiger partial charge in [-0.05, 0) is 19.3 Å². The normalized spacial score (nSPS) is 23.6. The van der Waals surface area contributed by atoms with Gasteiger partial charge in [-0.3, -0.25) is 4.79 Å². The number of hydrogen-bond acceptors (Lipinski definition) is 2. The second-order valence-corrected chi connectivity index (χ2v) is 2.15. The zero-order chi connectivity index (χ0) is 6.04. The zero-order valence-electron chi connectivity index (χ0n) is 4.55. The van der Waals surface area contributed by atoms with Gasteiger partial charge in [0, 0.05) is 0 Å². The number of amides is 1. The topological polar surface area (TPSA) is 49.3 Å². The van der Waals surface area contributed by atoms with Gasteiger partial charge in [-0.25, -0.2) is 0 Å². The third kappa shape index (κ3) is 0.816. The minimum atomic E-state index is -0.845. The molecule has 2 N–H and O–H groups in total. The van der Waals surface area contributed by atoms with Crippen LogP contribution in [0.2, 0.25) is 0 Å². The highest BCUT2D eigenvalue weighted by Gasteiger charge is 2.33. The first-order valence-electron chi connectivity index (χ1n) is 2.71. The van der Waals surface area contributed by atoms with E-state index >= 15 is 0 Å². The van der Waals surface area contributed by atoms with E-state index in [9.17, 15) is 4.79 Å². The maximum Gasteiger partial charge on any atom is 0.209 e. The molecule has 0 spiro atoms. The Morgan fingerprint density at radius 1 is 1.62 bits per heavy atom. The molecular weight excluding hydrogens is 106 g/mol. The summed E-state index contributed by atoms with van der Waals surface area (Å²) in [5.74, 6) is 0. The molecule has 0 atom stereocenters. The van der Waals surface area contributed by atoms with E-state index in [-0.39, 0.29) is 0 Å². The number of carbonyl (C=O) groups is 1. The van der Waals surface area contributed by atoms with E-state index in [2.05, 4.69) is 5.32 Å². The second-order valence-electron chi connectivity index (χ2n) is 2.15. The first-order valence-corrected chi connectivity index (χ1v) is 2.71. The summed E-state index contributed by atoms with van der Waals surface area (Å²) < 4.78 is 0.